The summed E-state index contributed by atoms with van der Waals surface area (Å²) in [6, 6.07) is 15.1. The van der Waals surface area contributed by atoms with E-state index in [1.54, 1.807) is 24.3 Å². The van der Waals surface area contributed by atoms with Crippen molar-refractivity contribution >= 4 is 17.5 Å². The highest BCUT2D eigenvalue weighted by molar-refractivity contribution is 6.30. The third-order valence-electron chi connectivity index (χ3n) is 4.92. The topological polar surface area (TPSA) is 59.2 Å². The van der Waals surface area contributed by atoms with Gasteiger partial charge in [-0.1, -0.05) is 46.6 Å². The molecule has 1 aliphatic rings. The van der Waals surface area contributed by atoms with Crippen LogP contribution < -0.4 is 0 Å². The van der Waals surface area contributed by atoms with Crippen LogP contribution in [0.5, 0.6) is 0 Å². The second-order valence-corrected chi connectivity index (χ2v) is 7.34. The number of hydrogen-bond acceptors (Lipinski definition) is 4. The highest BCUT2D eigenvalue weighted by Crippen LogP contribution is 2.29. The summed E-state index contributed by atoms with van der Waals surface area (Å²) in [5, 5.41) is 4.71. The Morgan fingerprint density at radius 3 is 2.67 bits per heavy atom. The molecule has 3 aromatic rings. The summed E-state index contributed by atoms with van der Waals surface area (Å²) in [4.78, 5) is 19.1. The molecule has 0 aliphatic carbocycles. The molecule has 2 aromatic carbocycles. The molecule has 1 amide bonds. The minimum absolute atomic E-state index is 0.0157. The Balaban J connectivity index is 1.42. The fourth-order valence-corrected chi connectivity index (χ4v) is 3.63. The van der Waals surface area contributed by atoms with Gasteiger partial charge in [0.2, 0.25) is 11.7 Å². The van der Waals surface area contributed by atoms with Crippen molar-refractivity contribution in [2.24, 2.45) is 0 Å². The SMILES string of the molecule is Cc1cccc(-c2noc(C3CCN(C(=O)c4cccc(Cl)c4)CC3)n2)c1. The zero-order chi connectivity index (χ0) is 18.8. The number of nitrogens with zero attached hydrogens (tertiary/aromatic N) is 3. The van der Waals surface area contributed by atoms with Crippen LogP contribution in [0.25, 0.3) is 11.4 Å². The Labute approximate surface area is 163 Å². The predicted octanol–water partition coefficient (Wildman–Crippen LogP) is 4.72. The number of benzene rings is 2. The molecule has 1 aliphatic heterocycles. The summed E-state index contributed by atoms with van der Waals surface area (Å²) in [6.07, 6.45) is 1.61. The van der Waals surface area contributed by atoms with E-state index >= 15 is 0 Å². The highest BCUT2D eigenvalue weighted by atomic mass is 35.5. The quantitative estimate of drug-likeness (QED) is 0.658. The Kier molecular flexibility index (Phi) is 4.94. The predicted molar refractivity (Wildman–Crippen MR) is 104 cm³/mol. The molecule has 5 nitrogen and oxygen atoms in total. The molecule has 0 N–H and O–H groups in total. The molecule has 1 fully saturated rings. The number of carbonyl (C=O) groups is 1. The molecule has 0 radical (unpaired) electrons. The van der Waals surface area contributed by atoms with E-state index in [0.717, 1.165) is 24.0 Å². The molecule has 1 saturated heterocycles. The lowest BCUT2D eigenvalue weighted by molar-refractivity contribution is 0.0704. The summed E-state index contributed by atoms with van der Waals surface area (Å²) in [6.45, 7) is 3.37. The average molecular weight is 382 g/mol. The second kappa shape index (κ2) is 7.53. The minimum Gasteiger partial charge on any atom is -0.339 e. The monoisotopic (exact) mass is 381 g/mol. The van der Waals surface area contributed by atoms with Gasteiger partial charge in [0.25, 0.3) is 5.91 Å². The zero-order valence-corrected chi connectivity index (χ0v) is 15.8. The molecular weight excluding hydrogens is 362 g/mol. The second-order valence-electron chi connectivity index (χ2n) is 6.90. The Morgan fingerprint density at radius 2 is 1.93 bits per heavy atom. The van der Waals surface area contributed by atoms with Crippen molar-refractivity contribution in [3.8, 4) is 11.4 Å². The number of aryl methyl sites for hydroxylation is 1. The van der Waals surface area contributed by atoms with E-state index in [9.17, 15) is 4.79 Å². The maximum Gasteiger partial charge on any atom is 0.253 e. The minimum atomic E-state index is 0.0157. The van der Waals surface area contributed by atoms with Gasteiger partial charge < -0.3 is 9.42 Å². The maximum atomic E-state index is 12.6. The molecule has 138 valence electrons. The molecule has 2 heterocycles. The van der Waals surface area contributed by atoms with Crippen molar-refractivity contribution in [3.63, 3.8) is 0 Å². The van der Waals surface area contributed by atoms with E-state index in [0.29, 0.717) is 35.4 Å². The van der Waals surface area contributed by atoms with Gasteiger partial charge in [0.15, 0.2) is 0 Å². The summed E-state index contributed by atoms with van der Waals surface area (Å²) in [5.74, 6) is 1.47. The molecule has 0 bridgehead atoms. The van der Waals surface area contributed by atoms with Gasteiger partial charge in [0.05, 0.1) is 0 Å². The normalized spacial score (nSPS) is 15.1. The number of rotatable bonds is 3. The number of likely N-dealkylation sites (tertiary alicyclic amines) is 1. The van der Waals surface area contributed by atoms with Crippen molar-refractivity contribution in [1.82, 2.24) is 15.0 Å². The Bertz CT molecular complexity index is 961. The van der Waals surface area contributed by atoms with Gasteiger partial charge in [-0.3, -0.25) is 4.79 Å². The lowest BCUT2D eigenvalue weighted by Crippen LogP contribution is -2.38. The molecule has 0 saturated carbocycles. The fraction of sp³-hybridized carbons (Fsp3) is 0.286. The van der Waals surface area contributed by atoms with Crippen molar-refractivity contribution in [2.75, 3.05) is 13.1 Å². The van der Waals surface area contributed by atoms with Crippen LogP contribution in [0.1, 0.15) is 40.6 Å². The molecule has 6 heteroatoms. The third-order valence-corrected chi connectivity index (χ3v) is 5.16. The standard InChI is InChI=1S/C21H20ClN3O2/c1-14-4-2-5-16(12-14)19-23-20(27-24-19)15-8-10-25(11-9-15)21(26)17-6-3-7-18(22)13-17/h2-7,12-13,15H,8-11H2,1H3. The van der Waals surface area contributed by atoms with Crippen LogP contribution in [0.15, 0.2) is 53.1 Å². The molecule has 4 rings (SSSR count). The van der Waals surface area contributed by atoms with Gasteiger partial charge in [0, 0.05) is 35.2 Å². The van der Waals surface area contributed by atoms with Gasteiger partial charge in [-0.15, -0.1) is 0 Å². The van der Waals surface area contributed by atoms with Gasteiger partial charge in [-0.25, -0.2) is 0 Å². The molecule has 0 unspecified atom stereocenters. The first-order valence-corrected chi connectivity index (χ1v) is 9.43. The first-order valence-electron chi connectivity index (χ1n) is 9.05. The summed E-state index contributed by atoms with van der Waals surface area (Å²) >= 11 is 6.00. The van der Waals surface area contributed by atoms with Crippen LogP contribution in [0, 0.1) is 6.92 Å². The van der Waals surface area contributed by atoms with E-state index in [2.05, 4.69) is 10.1 Å². The molecule has 1 aromatic heterocycles. The highest BCUT2D eigenvalue weighted by Gasteiger charge is 2.28. The smallest absolute Gasteiger partial charge is 0.253 e. The Morgan fingerprint density at radius 1 is 1.15 bits per heavy atom. The van der Waals surface area contributed by atoms with E-state index < -0.39 is 0 Å². The van der Waals surface area contributed by atoms with Crippen LogP contribution in [0.4, 0.5) is 0 Å². The number of carbonyl (C=O) groups excluding carboxylic acids is 1. The van der Waals surface area contributed by atoms with E-state index in [1.807, 2.05) is 36.1 Å². The van der Waals surface area contributed by atoms with Crippen LogP contribution in [-0.2, 0) is 0 Å². The van der Waals surface area contributed by atoms with E-state index in [4.69, 9.17) is 16.1 Å². The largest absolute Gasteiger partial charge is 0.339 e. The lowest BCUT2D eigenvalue weighted by atomic mass is 9.96. The first-order chi connectivity index (χ1) is 13.1. The van der Waals surface area contributed by atoms with Crippen LogP contribution in [0.3, 0.4) is 0 Å². The molecule has 27 heavy (non-hydrogen) atoms. The fourth-order valence-electron chi connectivity index (χ4n) is 3.44. The molecule has 0 spiro atoms. The maximum absolute atomic E-state index is 12.6. The molecular formula is C21H20ClN3O2. The van der Waals surface area contributed by atoms with Gasteiger partial charge in [-0.2, -0.15) is 4.98 Å². The van der Waals surface area contributed by atoms with E-state index in [-0.39, 0.29) is 11.8 Å². The van der Waals surface area contributed by atoms with E-state index in [1.165, 1.54) is 0 Å². The average Bonchev–Trinajstić information content (AvgIpc) is 3.18. The number of aromatic nitrogens is 2. The third kappa shape index (κ3) is 3.88. The molecule has 0 atom stereocenters. The summed E-state index contributed by atoms with van der Waals surface area (Å²) < 4.78 is 5.51. The summed E-state index contributed by atoms with van der Waals surface area (Å²) in [7, 11) is 0. The van der Waals surface area contributed by atoms with Crippen LogP contribution in [0.2, 0.25) is 5.02 Å². The van der Waals surface area contributed by atoms with Gasteiger partial charge in [-0.05, 0) is 44.0 Å². The number of halogens is 1. The van der Waals surface area contributed by atoms with Gasteiger partial charge >= 0.3 is 0 Å². The van der Waals surface area contributed by atoms with Crippen molar-refractivity contribution in [3.05, 3.63) is 70.6 Å². The Hall–Kier alpha value is -2.66. The summed E-state index contributed by atoms with van der Waals surface area (Å²) in [5.41, 5.74) is 2.74. The van der Waals surface area contributed by atoms with Crippen molar-refractivity contribution in [2.45, 2.75) is 25.7 Å². The van der Waals surface area contributed by atoms with Crippen LogP contribution >= 0.6 is 11.6 Å². The van der Waals surface area contributed by atoms with Gasteiger partial charge in [0.1, 0.15) is 0 Å². The number of piperidine rings is 1. The lowest BCUT2D eigenvalue weighted by Gasteiger charge is -2.30. The van der Waals surface area contributed by atoms with Crippen LogP contribution in [-0.4, -0.2) is 34.0 Å². The number of hydrogen-bond donors (Lipinski definition) is 0. The zero-order valence-electron chi connectivity index (χ0n) is 15.1. The first kappa shape index (κ1) is 17.7. The van der Waals surface area contributed by atoms with Crippen molar-refractivity contribution < 1.29 is 9.32 Å². The number of amides is 1. The van der Waals surface area contributed by atoms with Crippen molar-refractivity contribution in [1.29, 1.82) is 0 Å².